The van der Waals surface area contributed by atoms with Gasteiger partial charge in [0.2, 0.25) is 0 Å². The van der Waals surface area contributed by atoms with Gasteiger partial charge < -0.3 is 14.8 Å². The molecular weight excluding hydrogens is 194 g/mol. The Morgan fingerprint density at radius 1 is 1.40 bits per heavy atom. The molecular formula is C11H23NO3. The normalized spacial score (nSPS) is 13.7. The van der Waals surface area contributed by atoms with Crippen molar-refractivity contribution < 1.29 is 14.3 Å². The van der Waals surface area contributed by atoms with Crippen molar-refractivity contribution in [1.82, 2.24) is 5.32 Å². The van der Waals surface area contributed by atoms with Gasteiger partial charge in [-0.25, -0.2) is 0 Å². The zero-order valence-electron chi connectivity index (χ0n) is 10.4. The predicted octanol–water partition coefficient (Wildman–Crippen LogP) is 1.34. The molecule has 0 amide bonds. The van der Waals surface area contributed by atoms with Crippen molar-refractivity contribution in [2.75, 3.05) is 20.3 Å². The van der Waals surface area contributed by atoms with Crippen molar-refractivity contribution in [2.45, 2.75) is 45.8 Å². The summed E-state index contributed by atoms with van der Waals surface area (Å²) in [6.07, 6.45) is 0.721. The van der Waals surface area contributed by atoms with Crippen LogP contribution in [0.15, 0.2) is 0 Å². The van der Waals surface area contributed by atoms with Gasteiger partial charge in [-0.15, -0.1) is 0 Å². The lowest BCUT2D eigenvalue weighted by Gasteiger charge is -2.25. The lowest BCUT2D eigenvalue weighted by atomic mass is 10.1. The first kappa shape index (κ1) is 14.4. The van der Waals surface area contributed by atoms with Crippen LogP contribution in [-0.2, 0) is 14.3 Å². The van der Waals surface area contributed by atoms with Crippen molar-refractivity contribution in [2.24, 2.45) is 0 Å². The van der Waals surface area contributed by atoms with Crippen LogP contribution < -0.4 is 5.32 Å². The highest BCUT2D eigenvalue weighted by molar-refractivity contribution is 5.75. The van der Waals surface area contributed by atoms with Gasteiger partial charge in [-0.1, -0.05) is 6.92 Å². The third-order valence-electron chi connectivity index (χ3n) is 2.31. The molecule has 0 radical (unpaired) electrons. The molecule has 0 fully saturated rings. The Morgan fingerprint density at radius 3 is 2.40 bits per heavy atom. The van der Waals surface area contributed by atoms with Gasteiger partial charge in [0.05, 0.1) is 12.2 Å². The monoisotopic (exact) mass is 217 g/mol. The van der Waals surface area contributed by atoms with Gasteiger partial charge in [-0.3, -0.25) is 4.79 Å². The number of nitrogens with one attached hydrogen (secondary N) is 1. The van der Waals surface area contributed by atoms with Crippen molar-refractivity contribution in [3.05, 3.63) is 0 Å². The number of ether oxygens (including phenoxy) is 2. The molecule has 0 aliphatic heterocycles. The molecule has 0 saturated carbocycles. The minimum Gasteiger partial charge on any atom is -0.465 e. The van der Waals surface area contributed by atoms with Gasteiger partial charge in [0.1, 0.15) is 6.04 Å². The number of methoxy groups -OCH3 is 1. The molecule has 4 heteroatoms. The SMILES string of the molecule is CCOC(=O)C(CC)NCC(C)(C)OC. The first-order valence-corrected chi connectivity index (χ1v) is 5.42. The molecule has 0 aliphatic carbocycles. The second kappa shape index (κ2) is 6.80. The van der Waals surface area contributed by atoms with Crippen molar-refractivity contribution in [1.29, 1.82) is 0 Å². The fourth-order valence-corrected chi connectivity index (χ4v) is 1.08. The molecule has 0 rings (SSSR count). The fourth-order valence-electron chi connectivity index (χ4n) is 1.08. The van der Waals surface area contributed by atoms with Gasteiger partial charge >= 0.3 is 5.97 Å². The second-order valence-corrected chi connectivity index (χ2v) is 4.06. The molecule has 90 valence electrons. The Bertz CT molecular complexity index is 192. The Balaban J connectivity index is 4.05. The van der Waals surface area contributed by atoms with Crippen molar-refractivity contribution in [3.8, 4) is 0 Å². The summed E-state index contributed by atoms with van der Waals surface area (Å²) in [4.78, 5) is 11.5. The minimum absolute atomic E-state index is 0.188. The van der Waals surface area contributed by atoms with Gasteiger partial charge in [-0.2, -0.15) is 0 Å². The molecule has 0 aliphatic rings. The van der Waals surface area contributed by atoms with Gasteiger partial charge in [0.15, 0.2) is 0 Å². The highest BCUT2D eigenvalue weighted by atomic mass is 16.5. The third-order valence-corrected chi connectivity index (χ3v) is 2.31. The Hall–Kier alpha value is -0.610. The summed E-state index contributed by atoms with van der Waals surface area (Å²) < 4.78 is 10.2. The topological polar surface area (TPSA) is 47.6 Å². The summed E-state index contributed by atoms with van der Waals surface area (Å²) in [5, 5.41) is 3.15. The largest absolute Gasteiger partial charge is 0.465 e. The summed E-state index contributed by atoms with van der Waals surface area (Å²) in [5.74, 6) is -0.188. The highest BCUT2D eigenvalue weighted by Gasteiger charge is 2.22. The molecule has 0 heterocycles. The summed E-state index contributed by atoms with van der Waals surface area (Å²) >= 11 is 0. The Morgan fingerprint density at radius 2 is 2.00 bits per heavy atom. The average molecular weight is 217 g/mol. The molecule has 0 bridgehead atoms. The van der Waals surface area contributed by atoms with E-state index in [0.29, 0.717) is 13.2 Å². The summed E-state index contributed by atoms with van der Waals surface area (Å²) in [7, 11) is 1.66. The van der Waals surface area contributed by atoms with Crippen LogP contribution >= 0.6 is 0 Å². The van der Waals surface area contributed by atoms with E-state index in [1.807, 2.05) is 27.7 Å². The van der Waals surface area contributed by atoms with Gasteiger partial charge in [0.25, 0.3) is 0 Å². The van der Waals surface area contributed by atoms with Gasteiger partial charge in [-0.05, 0) is 27.2 Å². The molecule has 0 spiro atoms. The van der Waals surface area contributed by atoms with Crippen LogP contribution in [0.4, 0.5) is 0 Å². The lowest BCUT2D eigenvalue weighted by Crippen LogP contribution is -2.45. The summed E-state index contributed by atoms with van der Waals surface area (Å²) in [6.45, 7) is 8.75. The van der Waals surface area contributed by atoms with Crippen LogP contribution in [0.5, 0.6) is 0 Å². The zero-order valence-corrected chi connectivity index (χ0v) is 10.4. The highest BCUT2D eigenvalue weighted by Crippen LogP contribution is 2.06. The average Bonchev–Trinajstić information content (AvgIpc) is 2.19. The molecule has 4 nitrogen and oxygen atoms in total. The smallest absolute Gasteiger partial charge is 0.323 e. The molecule has 0 saturated heterocycles. The quantitative estimate of drug-likeness (QED) is 0.654. The van der Waals surface area contributed by atoms with E-state index in [1.54, 1.807) is 7.11 Å². The van der Waals surface area contributed by atoms with E-state index >= 15 is 0 Å². The maximum atomic E-state index is 11.5. The number of hydrogen-bond donors (Lipinski definition) is 1. The van der Waals surface area contributed by atoms with Crippen molar-refractivity contribution in [3.63, 3.8) is 0 Å². The number of carbonyl (C=O) groups is 1. The molecule has 15 heavy (non-hydrogen) atoms. The van der Waals surface area contributed by atoms with E-state index < -0.39 is 0 Å². The van der Waals surface area contributed by atoms with E-state index in [0.717, 1.165) is 6.42 Å². The first-order valence-electron chi connectivity index (χ1n) is 5.42. The van der Waals surface area contributed by atoms with E-state index in [1.165, 1.54) is 0 Å². The number of rotatable bonds is 7. The number of hydrogen-bond acceptors (Lipinski definition) is 4. The number of carbonyl (C=O) groups excluding carboxylic acids is 1. The standard InChI is InChI=1S/C11H23NO3/c1-6-9(10(13)15-7-2)12-8-11(3,4)14-5/h9,12H,6-8H2,1-5H3. The van der Waals surface area contributed by atoms with Crippen LogP contribution in [-0.4, -0.2) is 37.9 Å². The van der Waals surface area contributed by atoms with Crippen LogP contribution in [0.1, 0.15) is 34.1 Å². The molecule has 1 unspecified atom stereocenters. The van der Waals surface area contributed by atoms with E-state index in [-0.39, 0.29) is 17.6 Å². The van der Waals surface area contributed by atoms with E-state index in [4.69, 9.17) is 9.47 Å². The second-order valence-electron chi connectivity index (χ2n) is 4.06. The van der Waals surface area contributed by atoms with Crippen LogP contribution in [0.25, 0.3) is 0 Å². The maximum Gasteiger partial charge on any atom is 0.323 e. The number of esters is 1. The zero-order chi connectivity index (χ0) is 11.9. The predicted molar refractivity (Wildman–Crippen MR) is 59.8 cm³/mol. The van der Waals surface area contributed by atoms with Gasteiger partial charge in [0, 0.05) is 13.7 Å². The third kappa shape index (κ3) is 5.74. The van der Waals surface area contributed by atoms with Crippen molar-refractivity contribution >= 4 is 5.97 Å². The molecule has 1 atom stereocenters. The molecule has 0 aromatic rings. The first-order chi connectivity index (χ1) is 6.96. The van der Waals surface area contributed by atoms with Crippen LogP contribution in [0.2, 0.25) is 0 Å². The molecule has 1 N–H and O–H groups in total. The van der Waals surface area contributed by atoms with Crippen LogP contribution in [0.3, 0.4) is 0 Å². The lowest BCUT2D eigenvalue weighted by molar-refractivity contribution is -0.146. The maximum absolute atomic E-state index is 11.5. The summed E-state index contributed by atoms with van der Waals surface area (Å²) in [5.41, 5.74) is -0.264. The Kier molecular flexibility index (Phi) is 6.52. The molecule has 0 aromatic heterocycles. The van der Waals surface area contributed by atoms with E-state index in [9.17, 15) is 4.79 Å². The van der Waals surface area contributed by atoms with Crippen LogP contribution in [0, 0.1) is 0 Å². The molecule has 0 aromatic carbocycles. The fraction of sp³-hybridized carbons (Fsp3) is 0.909. The van der Waals surface area contributed by atoms with E-state index in [2.05, 4.69) is 5.32 Å². The summed E-state index contributed by atoms with van der Waals surface area (Å²) in [6, 6.07) is -0.237. The Labute approximate surface area is 92.3 Å². The minimum atomic E-state index is -0.264.